The molecule has 0 spiro atoms. The molecule has 1 aromatic heterocycles. The summed E-state index contributed by atoms with van der Waals surface area (Å²) in [5.41, 5.74) is 2.54. The van der Waals surface area contributed by atoms with Crippen molar-refractivity contribution in [3.63, 3.8) is 0 Å². The number of piperazine rings is 1. The zero-order chi connectivity index (χ0) is 19.4. The van der Waals surface area contributed by atoms with Crippen LogP contribution < -0.4 is 10.4 Å². The summed E-state index contributed by atoms with van der Waals surface area (Å²) in [6.45, 7) is 12.7. The molecule has 0 amide bonds. The van der Waals surface area contributed by atoms with E-state index < -0.39 is 0 Å². The zero-order valence-electron chi connectivity index (χ0n) is 16.8. The highest BCUT2D eigenvalue weighted by Gasteiger charge is 2.19. The van der Waals surface area contributed by atoms with Gasteiger partial charge in [-0.2, -0.15) is 0 Å². The minimum atomic E-state index is -0.0498. The van der Waals surface area contributed by atoms with Crippen LogP contribution in [0.25, 0.3) is 0 Å². The molecule has 2 heterocycles. The first-order valence-corrected chi connectivity index (χ1v) is 9.81. The van der Waals surface area contributed by atoms with E-state index in [4.69, 9.17) is 0 Å². The quantitative estimate of drug-likeness (QED) is 0.835. The third kappa shape index (κ3) is 4.66. The topological polar surface area (TPSA) is 40.8 Å². The summed E-state index contributed by atoms with van der Waals surface area (Å²) < 4.78 is 1.62. The maximum atomic E-state index is 12.9. The van der Waals surface area contributed by atoms with Crippen molar-refractivity contribution in [1.82, 2.24) is 9.47 Å². The molecule has 3 rings (SSSR count). The SMILES string of the molecule is CC(C)N=c1ccccn1C(=O)c1ccc(N2CCN(C(C)C)CC2)cc1. The number of benzene rings is 1. The van der Waals surface area contributed by atoms with E-state index in [0.29, 0.717) is 17.1 Å². The molecule has 0 atom stereocenters. The third-order valence-electron chi connectivity index (χ3n) is 4.97. The van der Waals surface area contributed by atoms with Crippen LogP contribution in [0.3, 0.4) is 0 Å². The van der Waals surface area contributed by atoms with Crippen molar-refractivity contribution in [1.29, 1.82) is 0 Å². The van der Waals surface area contributed by atoms with Crippen LogP contribution in [0.15, 0.2) is 53.7 Å². The summed E-state index contributed by atoms with van der Waals surface area (Å²) in [7, 11) is 0. The molecule has 1 aromatic carbocycles. The number of hydrogen-bond donors (Lipinski definition) is 0. The summed E-state index contributed by atoms with van der Waals surface area (Å²) in [6, 6.07) is 14.3. The summed E-state index contributed by atoms with van der Waals surface area (Å²) in [6.07, 6.45) is 1.78. The molecule has 0 bridgehead atoms. The van der Waals surface area contributed by atoms with E-state index in [-0.39, 0.29) is 11.9 Å². The average molecular weight is 367 g/mol. The fourth-order valence-corrected chi connectivity index (χ4v) is 3.43. The minimum Gasteiger partial charge on any atom is -0.369 e. The van der Waals surface area contributed by atoms with E-state index >= 15 is 0 Å². The van der Waals surface area contributed by atoms with E-state index in [0.717, 1.165) is 26.2 Å². The molecule has 1 aliphatic heterocycles. The third-order valence-corrected chi connectivity index (χ3v) is 4.97. The molecule has 144 valence electrons. The molecule has 0 N–H and O–H groups in total. The van der Waals surface area contributed by atoms with Crippen molar-refractivity contribution in [2.75, 3.05) is 31.1 Å². The smallest absolute Gasteiger partial charge is 0.263 e. The molecule has 2 aromatic rings. The van der Waals surface area contributed by atoms with Crippen molar-refractivity contribution < 1.29 is 4.79 Å². The van der Waals surface area contributed by atoms with Crippen molar-refractivity contribution in [2.45, 2.75) is 39.8 Å². The Balaban J connectivity index is 1.76. The monoisotopic (exact) mass is 366 g/mol. The zero-order valence-corrected chi connectivity index (χ0v) is 16.8. The van der Waals surface area contributed by atoms with Gasteiger partial charge in [0.15, 0.2) is 0 Å². The van der Waals surface area contributed by atoms with Gasteiger partial charge in [-0.05, 0) is 64.1 Å². The Hall–Kier alpha value is -2.40. The number of carbonyl (C=O) groups is 1. The summed E-state index contributed by atoms with van der Waals surface area (Å²) >= 11 is 0. The summed E-state index contributed by atoms with van der Waals surface area (Å²) in [4.78, 5) is 22.4. The van der Waals surface area contributed by atoms with Crippen LogP contribution >= 0.6 is 0 Å². The molecule has 1 fully saturated rings. The normalized spacial score (nSPS) is 16.4. The molecular formula is C22H30N4O. The lowest BCUT2D eigenvalue weighted by Crippen LogP contribution is -2.48. The highest BCUT2D eigenvalue weighted by Crippen LogP contribution is 2.18. The fourth-order valence-electron chi connectivity index (χ4n) is 3.43. The summed E-state index contributed by atoms with van der Waals surface area (Å²) in [5, 5.41) is 0. The first-order valence-electron chi connectivity index (χ1n) is 9.81. The largest absolute Gasteiger partial charge is 0.369 e. The molecule has 0 aliphatic carbocycles. The van der Waals surface area contributed by atoms with Gasteiger partial charge in [-0.15, -0.1) is 0 Å². The molecular weight excluding hydrogens is 336 g/mol. The highest BCUT2D eigenvalue weighted by atomic mass is 16.2. The maximum absolute atomic E-state index is 12.9. The van der Waals surface area contributed by atoms with Crippen LogP contribution in [0, 0.1) is 0 Å². The molecule has 1 aliphatic rings. The number of hydrogen-bond acceptors (Lipinski definition) is 4. The predicted molar refractivity (Wildman–Crippen MR) is 110 cm³/mol. The second-order valence-electron chi connectivity index (χ2n) is 7.62. The van der Waals surface area contributed by atoms with Crippen molar-refractivity contribution in [3.8, 4) is 0 Å². The van der Waals surface area contributed by atoms with Crippen LogP contribution in [0.1, 0.15) is 38.1 Å². The van der Waals surface area contributed by atoms with E-state index in [1.807, 2.05) is 44.2 Å². The van der Waals surface area contributed by atoms with E-state index in [2.05, 4.69) is 40.8 Å². The Bertz CT molecular complexity index is 828. The van der Waals surface area contributed by atoms with Crippen molar-refractivity contribution in [2.24, 2.45) is 4.99 Å². The first-order chi connectivity index (χ1) is 13.0. The van der Waals surface area contributed by atoms with Crippen molar-refractivity contribution >= 4 is 11.6 Å². The van der Waals surface area contributed by atoms with Crippen LogP contribution in [0.4, 0.5) is 5.69 Å². The van der Waals surface area contributed by atoms with Gasteiger partial charge in [-0.25, -0.2) is 0 Å². The van der Waals surface area contributed by atoms with Gasteiger partial charge in [0, 0.05) is 55.7 Å². The lowest BCUT2D eigenvalue weighted by Gasteiger charge is -2.38. The Morgan fingerprint density at radius 2 is 1.59 bits per heavy atom. The lowest BCUT2D eigenvalue weighted by molar-refractivity contribution is 0.0954. The standard InChI is InChI=1S/C22H30N4O/c1-17(2)23-21-7-5-6-12-26(21)22(27)19-8-10-20(11-9-19)25-15-13-24(14-16-25)18(3)4/h5-12,17-18H,13-16H2,1-4H3. The Labute approximate surface area is 162 Å². The van der Waals surface area contributed by atoms with E-state index in [1.165, 1.54) is 5.69 Å². The maximum Gasteiger partial charge on any atom is 0.263 e. The Kier molecular flexibility index (Phi) is 6.11. The van der Waals surface area contributed by atoms with Crippen molar-refractivity contribution in [3.05, 3.63) is 59.7 Å². The first kappa shape index (κ1) is 19.4. The second-order valence-corrected chi connectivity index (χ2v) is 7.62. The number of anilines is 1. The number of rotatable bonds is 4. The number of aromatic nitrogens is 1. The number of pyridine rings is 1. The average Bonchev–Trinajstić information content (AvgIpc) is 2.68. The van der Waals surface area contributed by atoms with Gasteiger partial charge in [-0.1, -0.05) is 6.07 Å². The minimum absolute atomic E-state index is 0.0498. The Morgan fingerprint density at radius 3 is 2.19 bits per heavy atom. The number of nitrogens with zero attached hydrogens (tertiary/aromatic N) is 4. The fraction of sp³-hybridized carbons (Fsp3) is 0.455. The molecule has 1 saturated heterocycles. The Morgan fingerprint density at radius 1 is 0.926 bits per heavy atom. The highest BCUT2D eigenvalue weighted by molar-refractivity contribution is 5.96. The molecule has 27 heavy (non-hydrogen) atoms. The number of carbonyl (C=O) groups excluding carboxylic acids is 1. The van der Waals surface area contributed by atoms with Crippen LogP contribution in [0.2, 0.25) is 0 Å². The van der Waals surface area contributed by atoms with Gasteiger partial charge >= 0.3 is 0 Å². The molecule has 5 heteroatoms. The summed E-state index contributed by atoms with van der Waals surface area (Å²) in [5.74, 6) is -0.0498. The van der Waals surface area contributed by atoms with Gasteiger partial charge in [-0.3, -0.25) is 19.3 Å². The molecule has 0 saturated carbocycles. The van der Waals surface area contributed by atoms with Crippen LogP contribution in [-0.2, 0) is 0 Å². The van der Waals surface area contributed by atoms with Gasteiger partial charge in [0.05, 0.1) is 0 Å². The van der Waals surface area contributed by atoms with E-state index in [1.54, 1.807) is 10.8 Å². The van der Waals surface area contributed by atoms with Gasteiger partial charge in [0.25, 0.3) is 5.91 Å². The van der Waals surface area contributed by atoms with Gasteiger partial charge in [0.2, 0.25) is 0 Å². The lowest BCUT2D eigenvalue weighted by atomic mass is 10.1. The molecule has 0 radical (unpaired) electrons. The molecule has 0 unspecified atom stereocenters. The van der Waals surface area contributed by atoms with Gasteiger partial charge in [0.1, 0.15) is 5.49 Å². The van der Waals surface area contributed by atoms with Crippen LogP contribution in [0.5, 0.6) is 0 Å². The van der Waals surface area contributed by atoms with Gasteiger partial charge < -0.3 is 4.90 Å². The predicted octanol–water partition coefficient (Wildman–Crippen LogP) is 3.02. The van der Waals surface area contributed by atoms with Crippen LogP contribution in [-0.4, -0.2) is 53.6 Å². The second kappa shape index (κ2) is 8.53. The molecule has 5 nitrogen and oxygen atoms in total. The van der Waals surface area contributed by atoms with E-state index in [9.17, 15) is 4.79 Å².